The van der Waals surface area contributed by atoms with E-state index in [1.54, 1.807) is 12.1 Å². The van der Waals surface area contributed by atoms with Crippen LogP contribution in [0.5, 0.6) is 0 Å². The molecule has 0 saturated heterocycles. The van der Waals surface area contributed by atoms with E-state index < -0.39 is 20.9 Å². The molecule has 0 aliphatic carbocycles. The number of sulfonamides is 1. The Balaban J connectivity index is 1.68. The van der Waals surface area contributed by atoms with Gasteiger partial charge in [-0.1, -0.05) is 0 Å². The van der Waals surface area contributed by atoms with Crippen LogP contribution >= 0.6 is 0 Å². The molecule has 0 bridgehead atoms. The molecule has 26 heavy (non-hydrogen) atoms. The van der Waals surface area contributed by atoms with Crippen molar-refractivity contribution < 1.29 is 22.9 Å². The number of ether oxygens (including phenoxy) is 1. The summed E-state index contributed by atoms with van der Waals surface area (Å²) in [4.78, 5) is 22.3. The summed E-state index contributed by atoms with van der Waals surface area (Å²) in [6, 6.07) is 10.5. The third kappa shape index (κ3) is 3.67. The molecule has 9 heteroatoms. The molecule has 1 aliphatic heterocycles. The maximum absolute atomic E-state index is 12.2. The summed E-state index contributed by atoms with van der Waals surface area (Å²) in [6.07, 6.45) is 1.68. The van der Waals surface area contributed by atoms with Crippen LogP contribution in [-0.4, -0.2) is 32.1 Å². The molecule has 1 heterocycles. The zero-order chi connectivity index (χ0) is 18.9. The summed E-state index contributed by atoms with van der Waals surface area (Å²) in [5.41, 5.74) is 2.29. The molecule has 2 aromatic rings. The Labute approximate surface area is 150 Å². The fourth-order valence-corrected chi connectivity index (χ4v) is 3.75. The Kier molecular flexibility index (Phi) is 4.64. The van der Waals surface area contributed by atoms with Crippen molar-refractivity contribution in [2.24, 2.45) is 0 Å². The smallest absolute Gasteiger partial charge is 0.338 e. The summed E-state index contributed by atoms with van der Waals surface area (Å²) in [5.74, 6) is -0.538. The van der Waals surface area contributed by atoms with E-state index in [4.69, 9.17) is 4.74 Å². The summed E-state index contributed by atoms with van der Waals surface area (Å²) in [6.45, 7) is 0.346. The van der Waals surface area contributed by atoms with Gasteiger partial charge in [0.1, 0.15) is 6.61 Å². The zero-order valence-electron chi connectivity index (χ0n) is 13.9. The van der Waals surface area contributed by atoms with E-state index in [1.807, 2.05) is 0 Å². The molecule has 0 spiro atoms. The van der Waals surface area contributed by atoms with E-state index in [-0.39, 0.29) is 12.3 Å². The molecule has 0 unspecified atom stereocenters. The van der Waals surface area contributed by atoms with Crippen molar-refractivity contribution in [1.29, 1.82) is 0 Å². The second kappa shape index (κ2) is 6.75. The highest BCUT2D eigenvalue weighted by Gasteiger charge is 2.26. The molecule has 0 amide bonds. The highest BCUT2D eigenvalue weighted by molar-refractivity contribution is 7.92. The van der Waals surface area contributed by atoms with Crippen LogP contribution in [0, 0.1) is 10.1 Å². The van der Waals surface area contributed by atoms with Gasteiger partial charge in [0.15, 0.2) is 0 Å². The molecule has 1 aliphatic rings. The monoisotopic (exact) mass is 376 g/mol. The van der Waals surface area contributed by atoms with Crippen molar-refractivity contribution in [3.8, 4) is 0 Å². The van der Waals surface area contributed by atoms with E-state index in [1.165, 1.54) is 34.6 Å². The third-order valence-corrected chi connectivity index (χ3v) is 5.27. The SMILES string of the molecule is CS(=O)(=O)N1CCc2cc(C(=O)OCc3ccc([N+](=O)[O-])cc3)ccc21. The molecule has 3 rings (SSSR count). The average Bonchev–Trinajstić information content (AvgIpc) is 3.03. The maximum Gasteiger partial charge on any atom is 0.338 e. The molecule has 0 radical (unpaired) electrons. The van der Waals surface area contributed by atoms with Crippen molar-refractivity contribution in [2.45, 2.75) is 13.0 Å². The number of hydrogen-bond donors (Lipinski definition) is 0. The number of anilines is 1. The minimum atomic E-state index is -3.34. The molecule has 136 valence electrons. The van der Waals surface area contributed by atoms with E-state index in [0.717, 1.165) is 11.8 Å². The number of nitro groups is 1. The molecule has 0 atom stereocenters. The Morgan fingerprint density at radius 3 is 2.54 bits per heavy atom. The standard InChI is InChI=1S/C17H16N2O6S/c1-26(23,24)18-9-8-13-10-14(4-7-16(13)18)17(20)25-11-12-2-5-15(6-3-12)19(21)22/h2-7,10H,8-9,11H2,1H3. The van der Waals surface area contributed by atoms with Crippen LogP contribution in [0.1, 0.15) is 21.5 Å². The van der Waals surface area contributed by atoms with Gasteiger partial charge in [0.2, 0.25) is 10.0 Å². The van der Waals surface area contributed by atoms with Crippen molar-refractivity contribution in [3.05, 3.63) is 69.3 Å². The first kappa shape index (κ1) is 17.9. The van der Waals surface area contributed by atoms with Gasteiger partial charge in [-0.25, -0.2) is 13.2 Å². The number of fused-ring (bicyclic) bond motifs is 1. The summed E-state index contributed by atoms with van der Waals surface area (Å²) < 4.78 is 30.0. The van der Waals surface area contributed by atoms with Gasteiger partial charge in [0.05, 0.1) is 22.4 Å². The van der Waals surface area contributed by atoms with Crippen LogP contribution in [0.15, 0.2) is 42.5 Å². The topological polar surface area (TPSA) is 107 Å². The fourth-order valence-electron chi connectivity index (χ4n) is 2.79. The number of nitro benzene ring substituents is 1. The molecule has 0 saturated carbocycles. The summed E-state index contributed by atoms with van der Waals surface area (Å²) in [7, 11) is -3.34. The number of non-ortho nitro benzene ring substituents is 1. The molecular weight excluding hydrogens is 360 g/mol. The van der Waals surface area contributed by atoms with E-state index in [2.05, 4.69) is 0 Å². The molecule has 8 nitrogen and oxygen atoms in total. The first-order valence-corrected chi connectivity index (χ1v) is 9.61. The van der Waals surface area contributed by atoms with Gasteiger partial charge in [-0.2, -0.15) is 0 Å². The molecule has 0 fully saturated rings. The fraction of sp³-hybridized carbons (Fsp3) is 0.235. The molecule has 0 aromatic heterocycles. The van der Waals surface area contributed by atoms with Crippen LogP contribution < -0.4 is 4.31 Å². The predicted molar refractivity (Wildman–Crippen MR) is 94.6 cm³/mol. The Morgan fingerprint density at radius 2 is 1.92 bits per heavy atom. The highest BCUT2D eigenvalue weighted by atomic mass is 32.2. The number of esters is 1. The normalized spacial score (nSPS) is 13.3. The maximum atomic E-state index is 12.2. The number of hydrogen-bond acceptors (Lipinski definition) is 6. The Hall–Kier alpha value is -2.94. The lowest BCUT2D eigenvalue weighted by Crippen LogP contribution is -2.27. The van der Waals surface area contributed by atoms with Gasteiger partial charge in [-0.3, -0.25) is 14.4 Å². The minimum absolute atomic E-state index is 0.0105. The molecule has 2 aromatic carbocycles. The second-order valence-corrected chi connectivity index (χ2v) is 7.84. The average molecular weight is 376 g/mol. The third-order valence-electron chi connectivity index (χ3n) is 4.09. The van der Waals surface area contributed by atoms with Crippen LogP contribution in [0.2, 0.25) is 0 Å². The van der Waals surface area contributed by atoms with Crippen molar-refractivity contribution in [1.82, 2.24) is 0 Å². The van der Waals surface area contributed by atoms with Crippen LogP contribution in [0.4, 0.5) is 11.4 Å². The van der Waals surface area contributed by atoms with Gasteiger partial charge in [-0.05, 0) is 47.9 Å². The minimum Gasteiger partial charge on any atom is -0.457 e. The first-order valence-electron chi connectivity index (χ1n) is 7.77. The van der Waals surface area contributed by atoms with Gasteiger partial charge < -0.3 is 4.74 Å². The van der Waals surface area contributed by atoms with Crippen molar-refractivity contribution >= 4 is 27.4 Å². The number of carbonyl (C=O) groups is 1. The summed E-state index contributed by atoms with van der Waals surface area (Å²) >= 11 is 0. The molecule has 0 N–H and O–H groups in total. The lowest BCUT2D eigenvalue weighted by Gasteiger charge is -2.16. The summed E-state index contributed by atoms with van der Waals surface area (Å²) in [5, 5.41) is 10.6. The number of benzene rings is 2. The quantitative estimate of drug-likeness (QED) is 0.450. The van der Waals surface area contributed by atoms with E-state index in [0.29, 0.717) is 29.8 Å². The van der Waals surface area contributed by atoms with Gasteiger partial charge in [0.25, 0.3) is 5.69 Å². The number of rotatable bonds is 5. The second-order valence-electron chi connectivity index (χ2n) is 5.93. The van der Waals surface area contributed by atoms with Crippen LogP contribution in [-0.2, 0) is 27.8 Å². The highest BCUT2D eigenvalue weighted by Crippen LogP contribution is 2.30. The van der Waals surface area contributed by atoms with Crippen LogP contribution in [0.3, 0.4) is 0 Å². The lowest BCUT2D eigenvalue weighted by molar-refractivity contribution is -0.384. The number of carbonyl (C=O) groups excluding carboxylic acids is 1. The lowest BCUT2D eigenvalue weighted by atomic mass is 10.1. The van der Waals surface area contributed by atoms with Crippen molar-refractivity contribution in [3.63, 3.8) is 0 Å². The van der Waals surface area contributed by atoms with Crippen molar-refractivity contribution in [2.75, 3.05) is 17.1 Å². The number of nitrogens with zero attached hydrogens (tertiary/aromatic N) is 2. The Bertz CT molecular complexity index is 969. The molecular formula is C17H16N2O6S. The van der Waals surface area contributed by atoms with Gasteiger partial charge >= 0.3 is 5.97 Å². The van der Waals surface area contributed by atoms with Gasteiger partial charge in [0, 0.05) is 18.7 Å². The van der Waals surface area contributed by atoms with Crippen LogP contribution in [0.25, 0.3) is 0 Å². The van der Waals surface area contributed by atoms with E-state index in [9.17, 15) is 23.3 Å². The largest absolute Gasteiger partial charge is 0.457 e. The zero-order valence-corrected chi connectivity index (χ0v) is 14.7. The predicted octanol–water partition coefficient (Wildman–Crippen LogP) is 2.27. The van der Waals surface area contributed by atoms with Gasteiger partial charge in [-0.15, -0.1) is 0 Å². The first-order chi connectivity index (χ1) is 12.3. The Morgan fingerprint density at radius 1 is 1.23 bits per heavy atom. The van der Waals surface area contributed by atoms with E-state index >= 15 is 0 Å².